The average molecular weight is 403 g/mol. The van der Waals surface area contributed by atoms with E-state index in [1.807, 2.05) is 44.2 Å². The molecule has 1 saturated heterocycles. The van der Waals surface area contributed by atoms with E-state index in [4.69, 9.17) is 5.73 Å². The Labute approximate surface area is 173 Å². The molecule has 3 N–H and O–H groups in total. The highest BCUT2D eigenvalue weighted by Crippen LogP contribution is 2.16. The van der Waals surface area contributed by atoms with E-state index in [1.54, 1.807) is 4.90 Å². The van der Waals surface area contributed by atoms with E-state index in [0.29, 0.717) is 32.1 Å². The Morgan fingerprint density at radius 3 is 2.62 bits per heavy atom. The average Bonchev–Trinajstić information content (AvgIpc) is 2.70. The summed E-state index contributed by atoms with van der Waals surface area (Å²) in [6.07, 6.45) is 2.22. The van der Waals surface area contributed by atoms with Crippen molar-refractivity contribution < 1.29 is 14.4 Å². The van der Waals surface area contributed by atoms with Crippen molar-refractivity contribution in [2.24, 2.45) is 17.6 Å². The zero-order valence-electron chi connectivity index (χ0n) is 17.6. The Kier molecular flexibility index (Phi) is 9.12. The van der Waals surface area contributed by atoms with Gasteiger partial charge in [0.05, 0.1) is 6.54 Å². The third kappa shape index (κ3) is 8.23. The lowest BCUT2D eigenvalue weighted by Crippen LogP contribution is -2.46. The predicted octanol–water partition coefficient (Wildman–Crippen LogP) is 1.37. The van der Waals surface area contributed by atoms with Crippen molar-refractivity contribution in [3.8, 4) is 0 Å². The molecule has 1 unspecified atom stereocenters. The van der Waals surface area contributed by atoms with Crippen LogP contribution in [0.3, 0.4) is 0 Å². The van der Waals surface area contributed by atoms with Crippen LogP contribution in [0.2, 0.25) is 0 Å². The predicted molar refractivity (Wildman–Crippen MR) is 113 cm³/mol. The molecule has 1 atom stereocenters. The second-order valence-corrected chi connectivity index (χ2v) is 8.16. The molecule has 1 aliphatic heterocycles. The SMILES string of the molecule is CC(C)C(=O)NCC1CCCN(CC(=O)N(CCC(N)=O)Cc2ccccc2)C1. The monoisotopic (exact) mass is 402 g/mol. The van der Waals surface area contributed by atoms with Gasteiger partial charge in [-0.15, -0.1) is 0 Å². The molecule has 3 amide bonds. The van der Waals surface area contributed by atoms with Gasteiger partial charge < -0.3 is 16.0 Å². The van der Waals surface area contributed by atoms with E-state index >= 15 is 0 Å². The summed E-state index contributed by atoms with van der Waals surface area (Å²) in [5.74, 6) is -0.00374. The van der Waals surface area contributed by atoms with E-state index in [0.717, 1.165) is 31.5 Å². The number of likely N-dealkylation sites (tertiary alicyclic amines) is 1. The van der Waals surface area contributed by atoms with Crippen molar-refractivity contribution in [3.63, 3.8) is 0 Å². The lowest BCUT2D eigenvalue weighted by Gasteiger charge is -2.34. The van der Waals surface area contributed by atoms with Crippen LogP contribution in [-0.2, 0) is 20.9 Å². The maximum atomic E-state index is 13.0. The number of hydrogen-bond donors (Lipinski definition) is 2. The molecule has 29 heavy (non-hydrogen) atoms. The van der Waals surface area contributed by atoms with Gasteiger partial charge >= 0.3 is 0 Å². The fraction of sp³-hybridized carbons (Fsp3) is 0.591. The maximum absolute atomic E-state index is 13.0. The molecular weight excluding hydrogens is 368 g/mol. The van der Waals surface area contributed by atoms with Crippen LogP contribution in [0.15, 0.2) is 30.3 Å². The first kappa shape index (κ1) is 22.9. The first-order valence-corrected chi connectivity index (χ1v) is 10.4. The molecule has 7 heteroatoms. The number of carbonyl (C=O) groups is 3. The standard InChI is InChI=1S/C22H34N4O3/c1-17(2)22(29)24-13-19-9-6-11-25(14-19)16-21(28)26(12-10-20(23)27)15-18-7-4-3-5-8-18/h3-5,7-8,17,19H,6,9-16H2,1-2H3,(H2,23,27)(H,24,29). The number of nitrogens with one attached hydrogen (secondary N) is 1. The molecule has 1 fully saturated rings. The van der Waals surface area contributed by atoms with E-state index in [-0.39, 0.29) is 24.2 Å². The number of piperidine rings is 1. The van der Waals surface area contributed by atoms with E-state index in [1.165, 1.54) is 0 Å². The maximum Gasteiger partial charge on any atom is 0.237 e. The van der Waals surface area contributed by atoms with Crippen LogP contribution in [0.25, 0.3) is 0 Å². The fourth-order valence-electron chi connectivity index (χ4n) is 3.54. The minimum Gasteiger partial charge on any atom is -0.370 e. The van der Waals surface area contributed by atoms with Gasteiger partial charge in [0.1, 0.15) is 0 Å². The summed E-state index contributed by atoms with van der Waals surface area (Å²) in [7, 11) is 0. The van der Waals surface area contributed by atoms with Crippen molar-refractivity contribution in [1.82, 2.24) is 15.1 Å². The molecule has 7 nitrogen and oxygen atoms in total. The summed E-state index contributed by atoms with van der Waals surface area (Å²) in [6, 6.07) is 9.75. The van der Waals surface area contributed by atoms with Crippen LogP contribution < -0.4 is 11.1 Å². The second kappa shape index (κ2) is 11.6. The Morgan fingerprint density at radius 2 is 1.97 bits per heavy atom. The molecule has 1 aliphatic rings. The van der Waals surface area contributed by atoms with Gasteiger partial charge in [0.2, 0.25) is 17.7 Å². The third-order valence-electron chi connectivity index (χ3n) is 5.25. The van der Waals surface area contributed by atoms with Gasteiger partial charge in [-0.1, -0.05) is 44.2 Å². The summed E-state index contributed by atoms with van der Waals surface area (Å²) in [6.45, 7) is 7.19. The fourth-order valence-corrected chi connectivity index (χ4v) is 3.54. The van der Waals surface area contributed by atoms with Crippen molar-refractivity contribution in [1.29, 1.82) is 0 Å². The molecule has 2 rings (SSSR count). The van der Waals surface area contributed by atoms with Crippen LogP contribution in [0, 0.1) is 11.8 Å². The quantitative estimate of drug-likeness (QED) is 0.618. The molecule has 0 saturated carbocycles. The van der Waals surface area contributed by atoms with Gasteiger partial charge in [-0.3, -0.25) is 19.3 Å². The van der Waals surface area contributed by atoms with Crippen LogP contribution in [-0.4, -0.2) is 60.2 Å². The molecule has 1 aromatic rings. The van der Waals surface area contributed by atoms with Crippen molar-refractivity contribution in [2.75, 3.05) is 32.7 Å². The Morgan fingerprint density at radius 1 is 1.24 bits per heavy atom. The largest absolute Gasteiger partial charge is 0.370 e. The molecule has 0 aromatic heterocycles. The minimum atomic E-state index is -0.408. The van der Waals surface area contributed by atoms with E-state index in [9.17, 15) is 14.4 Å². The highest BCUT2D eigenvalue weighted by Gasteiger charge is 2.24. The first-order valence-electron chi connectivity index (χ1n) is 10.4. The molecule has 0 bridgehead atoms. The number of nitrogens with zero attached hydrogens (tertiary/aromatic N) is 2. The normalized spacial score (nSPS) is 17.1. The van der Waals surface area contributed by atoms with Gasteiger partial charge in [0, 0.05) is 38.5 Å². The Balaban J connectivity index is 1.90. The number of primary amides is 1. The van der Waals surface area contributed by atoms with Gasteiger partial charge in [0.25, 0.3) is 0 Å². The number of hydrogen-bond acceptors (Lipinski definition) is 4. The molecule has 0 spiro atoms. The van der Waals surface area contributed by atoms with Crippen LogP contribution in [0.4, 0.5) is 0 Å². The number of benzene rings is 1. The Bertz CT molecular complexity index is 678. The smallest absolute Gasteiger partial charge is 0.237 e. The van der Waals surface area contributed by atoms with E-state index in [2.05, 4.69) is 10.2 Å². The minimum absolute atomic E-state index is 0.00182. The van der Waals surface area contributed by atoms with Gasteiger partial charge in [-0.25, -0.2) is 0 Å². The van der Waals surface area contributed by atoms with Crippen LogP contribution in [0.5, 0.6) is 0 Å². The van der Waals surface area contributed by atoms with Crippen molar-refractivity contribution in [2.45, 2.75) is 39.7 Å². The number of rotatable bonds is 10. The lowest BCUT2D eigenvalue weighted by atomic mass is 9.97. The van der Waals surface area contributed by atoms with Gasteiger partial charge in [-0.2, -0.15) is 0 Å². The van der Waals surface area contributed by atoms with E-state index < -0.39 is 5.91 Å². The molecule has 0 aliphatic carbocycles. The van der Waals surface area contributed by atoms with Crippen LogP contribution in [0.1, 0.15) is 38.7 Å². The number of nitrogens with two attached hydrogens (primary N) is 1. The summed E-state index contributed by atoms with van der Waals surface area (Å²) in [4.78, 5) is 39.9. The summed E-state index contributed by atoms with van der Waals surface area (Å²) >= 11 is 0. The lowest BCUT2D eigenvalue weighted by molar-refractivity contribution is -0.134. The zero-order valence-corrected chi connectivity index (χ0v) is 17.6. The highest BCUT2D eigenvalue weighted by atomic mass is 16.2. The molecular formula is C22H34N4O3. The molecule has 0 radical (unpaired) electrons. The summed E-state index contributed by atoms with van der Waals surface area (Å²) in [5.41, 5.74) is 6.32. The van der Waals surface area contributed by atoms with Crippen LogP contribution >= 0.6 is 0 Å². The van der Waals surface area contributed by atoms with Gasteiger partial charge in [-0.05, 0) is 30.9 Å². The summed E-state index contributed by atoms with van der Waals surface area (Å²) in [5, 5.41) is 3.00. The highest BCUT2D eigenvalue weighted by molar-refractivity contribution is 5.80. The topological polar surface area (TPSA) is 95.7 Å². The number of carbonyl (C=O) groups excluding carboxylic acids is 3. The molecule has 1 aromatic carbocycles. The zero-order chi connectivity index (χ0) is 21.2. The summed E-state index contributed by atoms with van der Waals surface area (Å²) < 4.78 is 0. The van der Waals surface area contributed by atoms with Crippen molar-refractivity contribution >= 4 is 17.7 Å². The van der Waals surface area contributed by atoms with Gasteiger partial charge in [0.15, 0.2) is 0 Å². The number of amides is 3. The molecule has 160 valence electrons. The molecule has 1 heterocycles. The van der Waals surface area contributed by atoms with Crippen molar-refractivity contribution in [3.05, 3.63) is 35.9 Å². The Hall–Kier alpha value is -2.41. The second-order valence-electron chi connectivity index (χ2n) is 8.16. The third-order valence-corrected chi connectivity index (χ3v) is 5.25. The first-order chi connectivity index (χ1) is 13.8.